The summed E-state index contributed by atoms with van der Waals surface area (Å²) < 4.78 is 0. The molecule has 0 amide bonds. The summed E-state index contributed by atoms with van der Waals surface area (Å²) in [6, 6.07) is 9.68. The van der Waals surface area contributed by atoms with Crippen molar-refractivity contribution in [1.82, 2.24) is 0 Å². The summed E-state index contributed by atoms with van der Waals surface area (Å²) in [4.78, 5) is 12.5. The topological polar surface area (TPSA) is 57.5 Å². The SMILES string of the molecule is O=C1/C(=C/c2ccc(O)c(Cl)c2)CC/C1=C\c1ccc(O)c(Cl)c1. The molecule has 0 bridgehead atoms. The van der Waals surface area contributed by atoms with Gasteiger partial charge < -0.3 is 10.2 Å². The van der Waals surface area contributed by atoms with E-state index in [1.54, 1.807) is 36.4 Å². The van der Waals surface area contributed by atoms with Crippen molar-refractivity contribution >= 4 is 41.1 Å². The predicted molar refractivity (Wildman–Crippen MR) is 96.4 cm³/mol. The molecule has 2 N–H and O–H groups in total. The summed E-state index contributed by atoms with van der Waals surface area (Å²) in [5.74, 6) is 0.0195. The number of aromatic hydroxyl groups is 2. The highest BCUT2D eigenvalue weighted by Crippen LogP contribution is 2.32. The Labute approximate surface area is 149 Å². The van der Waals surface area contributed by atoms with Gasteiger partial charge in [-0.15, -0.1) is 0 Å². The van der Waals surface area contributed by atoms with E-state index in [9.17, 15) is 15.0 Å². The number of ketones is 1. The molecule has 0 heterocycles. The van der Waals surface area contributed by atoms with Crippen molar-refractivity contribution in [1.29, 1.82) is 0 Å². The second kappa shape index (κ2) is 6.71. The van der Waals surface area contributed by atoms with Crippen LogP contribution in [0.4, 0.5) is 0 Å². The summed E-state index contributed by atoms with van der Waals surface area (Å²) in [5, 5.41) is 19.4. The van der Waals surface area contributed by atoms with Crippen molar-refractivity contribution in [3.05, 3.63) is 68.7 Å². The molecule has 24 heavy (non-hydrogen) atoms. The number of benzene rings is 2. The summed E-state index contributed by atoms with van der Waals surface area (Å²) in [7, 11) is 0. The van der Waals surface area contributed by atoms with Crippen molar-refractivity contribution in [2.45, 2.75) is 12.8 Å². The molecule has 0 unspecified atom stereocenters. The summed E-state index contributed by atoms with van der Waals surface area (Å²) in [6.45, 7) is 0. The number of hydrogen-bond donors (Lipinski definition) is 2. The molecule has 0 aliphatic heterocycles. The van der Waals surface area contributed by atoms with Gasteiger partial charge in [0.15, 0.2) is 5.78 Å². The summed E-state index contributed by atoms with van der Waals surface area (Å²) in [5.41, 5.74) is 2.95. The minimum atomic E-state index is -0.0107. The van der Waals surface area contributed by atoms with Gasteiger partial charge in [0.1, 0.15) is 11.5 Å². The van der Waals surface area contributed by atoms with E-state index in [-0.39, 0.29) is 27.3 Å². The number of carbonyl (C=O) groups excluding carboxylic acids is 1. The molecule has 1 aliphatic carbocycles. The van der Waals surface area contributed by atoms with Crippen molar-refractivity contribution in [2.75, 3.05) is 0 Å². The fraction of sp³-hybridized carbons (Fsp3) is 0.105. The van der Waals surface area contributed by atoms with E-state index >= 15 is 0 Å². The van der Waals surface area contributed by atoms with Crippen LogP contribution in [-0.2, 0) is 4.79 Å². The maximum absolute atomic E-state index is 12.5. The van der Waals surface area contributed by atoms with E-state index in [0.717, 1.165) is 11.1 Å². The highest BCUT2D eigenvalue weighted by molar-refractivity contribution is 6.32. The van der Waals surface area contributed by atoms with Crippen molar-refractivity contribution < 1.29 is 15.0 Å². The van der Waals surface area contributed by atoms with Gasteiger partial charge in [-0.2, -0.15) is 0 Å². The van der Waals surface area contributed by atoms with Crippen LogP contribution in [0.15, 0.2) is 47.5 Å². The average molecular weight is 361 g/mol. The third-order valence-corrected chi connectivity index (χ3v) is 4.48. The first-order valence-corrected chi connectivity index (χ1v) is 8.12. The molecule has 3 nitrogen and oxygen atoms in total. The molecule has 2 aromatic rings. The largest absolute Gasteiger partial charge is 0.506 e. The zero-order chi connectivity index (χ0) is 17.3. The summed E-state index contributed by atoms with van der Waals surface area (Å²) in [6.07, 6.45) is 4.88. The fourth-order valence-electron chi connectivity index (χ4n) is 2.61. The highest BCUT2D eigenvalue weighted by Gasteiger charge is 2.23. The highest BCUT2D eigenvalue weighted by atomic mass is 35.5. The van der Waals surface area contributed by atoms with Gasteiger partial charge in [0.25, 0.3) is 0 Å². The molecule has 1 fully saturated rings. The van der Waals surface area contributed by atoms with Crippen LogP contribution < -0.4 is 0 Å². The van der Waals surface area contributed by atoms with Crippen LogP contribution in [0.25, 0.3) is 12.2 Å². The lowest BCUT2D eigenvalue weighted by Crippen LogP contribution is -1.95. The second-order valence-corrected chi connectivity index (χ2v) is 6.40. The Balaban J connectivity index is 1.86. The van der Waals surface area contributed by atoms with E-state index in [1.807, 2.05) is 0 Å². The first-order chi connectivity index (χ1) is 11.4. The predicted octanol–water partition coefficient (Wildman–Crippen LogP) is 5.23. The van der Waals surface area contributed by atoms with Gasteiger partial charge in [-0.1, -0.05) is 35.3 Å². The quantitative estimate of drug-likeness (QED) is 0.720. The molecule has 0 radical (unpaired) electrons. The standard InChI is InChI=1S/C19H14Cl2O3/c20-15-9-11(1-5-17(15)22)7-13-3-4-14(19(13)24)8-12-2-6-18(23)16(21)10-12/h1-2,5-10,22-23H,3-4H2/b13-7+,14-8+. The normalized spacial score (nSPS) is 17.8. The van der Waals surface area contributed by atoms with Gasteiger partial charge in [-0.25, -0.2) is 0 Å². The van der Waals surface area contributed by atoms with Crippen LogP contribution in [0.5, 0.6) is 11.5 Å². The Morgan fingerprint density at radius 1 is 0.792 bits per heavy atom. The first-order valence-electron chi connectivity index (χ1n) is 7.37. The molecule has 2 aromatic carbocycles. The molecule has 5 heteroatoms. The molecule has 0 aromatic heterocycles. The number of Topliss-reactive ketones (excluding diaryl/α,β-unsaturated/α-hetero) is 1. The number of phenols is 2. The van der Waals surface area contributed by atoms with Gasteiger partial charge in [0, 0.05) is 11.1 Å². The lowest BCUT2D eigenvalue weighted by atomic mass is 10.1. The van der Waals surface area contributed by atoms with Crippen molar-refractivity contribution in [3.63, 3.8) is 0 Å². The molecule has 3 rings (SSSR count). The Hall–Kier alpha value is -2.23. The van der Waals surface area contributed by atoms with Crippen molar-refractivity contribution in [3.8, 4) is 11.5 Å². The maximum Gasteiger partial charge on any atom is 0.185 e. The molecule has 0 atom stereocenters. The number of halogens is 2. The molecule has 0 spiro atoms. The van der Waals surface area contributed by atoms with Gasteiger partial charge in [-0.3, -0.25) is 4.79 Å². The molecule has 1 aliphatic rings. The number of hydrogen-bond acceptors (Lipinski definition) is 3. The molecular formula is C19H14Cl2O3. The minimum absolute atomic E-state index is 0.0107. The Morgan fingerprint density at radius 3 is 1.58 bits per heavy atom. The van der Waals surface area contributed by atoms with Crippen LogP contribution in [0.1, 0.15) is 24.0 Å². The third-order valence-electron chi connectivity index (χ3n) is 3.87. The number of phenolic OH excluding ortho intramolecular Hbond substituents is 2. The fourth-order valence-corrected chi connectivity index (χ4v) is 2.98. The van der Waals surface area contributed by atoms with E-state index < -0.39 is 0 Å². The smallest absolute Gasteiger partial charge is 0.185 e. The molecular weight excluding hydrogens is 347 g/mol. The monoisotopic (exact) mass is 360 g/mol. The zero-order valence-corrected chi connectivity index (χ0v) is 14.1. The van der Waals surface area contributed by atoms with E-state index in [1.165, 1.54) is 12.1 Å². The first kappa shape index (κ1) is 16.6. The lowest BCUT2D eigenvalue weighted by molar-refractivity contribution is -0.111. The van der Waals surface area contributed by atoms with Gasteiger partial charge in [-0.05, 0) is 60.4 Å². The molecule has 0 saturated heterocycles. The maximum atomic E-state index is 12.5. The van der Waals surface area contributed by atoms with Gasteiger partial charge in [0.2, 0.25) is 0 Å². The Bertz CT molecular complexity index is 811. The third kappa shape index (κ3) is 3.48. The van der Waals surface area contributed by atoms with Crippen LogP contribution in [0.3, 0.4) is 0 Å². The lowest BCUT2D eigenvalue weighted by Gasteiger charge is -2.01. The number of allylic oxidation sites excluding steroid dienone is 2. The number of carbonyl (C=O) groups is 1. The minimum Gasteiger partial charge on any atom is -0.506 e. The van der Waals surface area contributed by atoms with Crippen LogP contribution in [0, 0.1) is 0 Å². The number of rotatable bonds is 2. The summed E-state index contributed by atoms with van der Waals surface area (Å²) >= 11 is 11.8. The van der Waals surface area contributed by atoms with Crippen LogP contribution in [0.2, 0.25) is 10.0 Å². The van der Waals surface area contributed by atoms with Crippen LogP contribution >= 0.6 is 23.2 Å². The second-order valence-electron chi connectivity index (χ2n) is 5.59. The van der Waals surface area contributed by atoms with E-state index in [0.29, 0.717) is 24.0 Å². The molecule has 1 saturated carbocycles. The van der Waals surface area contributed by atoms with Crippen molar-refractivity contribution in [2.24, 2.45) is 0 Å². The molecule has 122 valence electrons. The Kier molecular flexibility index (Phi) is 4.65. The Morgan fingerprint density at radius 2 is 1.21 bits per heavy atom. The van der Waals surface area contributed by atoms with Crippen LogP contribution in [-0.4, -0.2) is 16.0 Å². The average Bonchev–Trinajstić information content (AvgIpc) is 2.88. The van der Waals surface area contributed by atoms with E-state index in [4.69, 9.17) is 23.2 Å². The van der Waals surface area contributed by atoms with Gasteiger partial charge in [0.05, 0.1) is 10.0 Å². The van der Waals surface area contributed by atoms with E-state index in [2.05, 4.69) is 0 Å². The van der Waals surface area contributed by atoms with Gasteiger partial charge >= 0.3 is 0 Å². The zero-order valence-electron chi connectivity index (χ0n) is 12.6.